The number of amides is 2. The summed E-state index contributed by atoms with van der Waals surface area (Å²) in [6, 6.07) is 11.0. The molecule has 2 aliphatic heterocycles. The Hall–Kier alpha value is -3.62. The number of carbonyl (C=O) groups excluding carboxylic acids is 2. The van der Waals surface area contributed by atoms with Gasteiger partial charge in [0.15, 0.2) is 5.82 Å². The number of halogens is 3. The Bertz CT molecular complexity index is 1480. The van der Waals surface area contributed by atoms with Crippen molar-refractivity contribution >= 4 is 34.7 Å². The van der Waals surface area contributed by atoms with E-state index in [0.717, 1.165) is 23.3 Å². The molecule has 0 radical (unpaired) electrons. The summed E-state index contributed by atoms with van der Waals surface area (Å²) in [5, 5.41) is 12.4. The monoisotopic (exact) mass is 551 g/mol. The van der Waals surface area contributed by atoms with Crippen LogP contribution >= 0.6 is 11.6 Å². The lowest BCUT2D eigenvalue weighted by Gasteiger charge is -2.34. The van der Waals surface area contributed by atoms with Crippen molar-refractivity contribution < 1.29 is 23.5 Å². The standard InChI is InChI=1S/C30H28ClF2N3O3/c1-17-3-2-4-26(36-12-10-20(15-27(36)38)28-23(32)8-7-22(31)29(28)33)25-14-19(9-11-34-25)21-6-5-18(16-37)13-24(21)35-30(17)39/h5-9,11,13-15,17,26,37H,2-4,10,12,16H2,1H3,(H,35,39)/t17-,26+/m1/s1. The lowest BCUT2D eigenvalue weighted by Crippen LogP contribution is -2.38. The molecule has 2 aliphatic rings. The summed E-state index contributed by atoms with van der Waals surface area (Å²) in [5.41, 5.74) is 3.54. The van der Waals surface area contributed by atoms with Crippen molar-refractivity contribution in [1.82, 2.24) is 9.88 Å². The highest BCUT2D eigenvalue weighted by Crippen LogP contribution is 2.37. The van der Waals surface area contributed by atoms with Crippen LogP contribution in [0.15, 0.2) is 54.7 Å². The Morgan fingerprint density at radius 1 is 1.13 bits per heavy atom. The van der Waals surface area contributed by atoms with Crippen LogP contribution in [0, 0.1) is 17.6 Å². The van der Waals surface area contributed by atoms with Gasteiger partial charge in [-0.15, -0.1) is 0 Å². The van der Waals surface area contributed by atoms with E-state index in [0.29, 0.717) is 36.2 Å². The lowest BCUT2D eigenvalue weighted by molar-refractivity contribution is -0.129. The minimum atomic E-state index is -0.875. The molecule has 2 bridgehead atoms. The van der Waals surface area contributed by atoms with Crippen LogP contribution in [0.4, 0.5) is 14.5 Å². The van der Waals surface area contributed by atoms with Gasteiger partial charge in [-0.3, -0.25) is 14.6 Å². The van der Waals surface area contributed by atoms with Crippen LogP contribution in [0.1, 0.15) is 55.5 Å². The number of hydrogen-bond acceptors (Lipinski definition) is 4. The van der Waals surface area contributed by atoms with Crippen LogP contribution in [0.5, 0.6) is 0 Å². The minimum Gasteiger partial charge on any atom is -0.392 e. The van der Waals surface area contributed by atoms with E-state index in [1.165, 1.54) is 6.08 Å². The molecule has 5 rings (SSSR count). The molecule has 3 aromatic rings. The quantitative estimate of drug-likeness (QED) is 0.375. The molecule has 2 N–H and O–H groups in total. The predicted molar refractivity (Wildman–Crippen MR) is 146 cm³/mol. The molecule has 0 fully saturated rings. The summed E-state index contributed by atoms with van der Waals surface area (Å²) in [6.07, 6.45) is 5.03. The first-order valence-electron chi connectivity index (χ1n) is 12.9. The maximum absolute atomic E-state index is 14.7. The first kappa shape index (κ1) is 27.0. The molecule has 3 heterocycles. The van der Waals surface area contributed by atoms with Crippen molar-refractivity contribution in [2.45, 2.75) is 45.3 Å². The fraction of sp³-hybridized carbons (Fsp3) is 0.300. The first-order valence-corrected chi connectivity index (χ1v) is 13.3. The topological polar surface area (TPSA) is 82.5 Å². The van der Waals surface area contributed by atoms with Crippen molar-refractivity contribution in [2.24, 2.45) is 5.92 Å². The fourth-order valence-electron chi connectivity index (χ4n) is 5.29. The van der Waals surface area contributed by atoms with Crippen molar-refractivity contribution in [1.29, 1.82) is 0 Å². The molecule has 9 heteroatoms. The van der Waals surface area contributed by atoms with Gasteiger partial charge in [-0.25, -0.2) is 8.78 Å². The van der Waals surface area contributed by atoms with Crippen molar-refractivity contribution in [3.63, 3.8) is 0 Å². The van der Waals surface area contributed by atoms with E-state index in [1.807, 2.05) is 25.1 Å². The summed E-state index contributed by atoms with van der Waals surface area (Å²) in [5.74, 6) is -2.40. The summed E-state index contributed by atoms with van der Waals surface area (Å²) >= 11 is 5.88. The third-order valence-electron chi connectivity index (χ3n) is 7.46. The van der Waals surface area contributed by atoms with Crippen LogP contribution in [-0.2, 0) is 16.2 Å². The van der Waals surface area contributed by atoms with E-state index in [9.17, 15) is 23.5 Å². The number of aliphatic hydroxyl groups is 1. The molecule has 0 saturated carbocycles. The highest BCUT2D eigenvalue weighted by Gasteiger charge is 2.31. The van der Waals surface area contributed by atoms with Gasteiger partial charge >= 0.3 is 0 Å². The average molecular weight is 552 g/mol. The van der Waals surface area contributed by atoms with E-state index < -0.39 is 11.6 Å². The van der Waals surface area contributed by atoms with Gasteiger partial charge in [0.05, 0.1) is 28.9 Å². The number of fused-ring (bicyclic) bond motifs is 4. The number of pyridine rings is 1. The fourth-order valence-corrected chi connectivity index (χ4v) is 5.45. The average Bonchev–Trinajstić information content (AvgIpc) is 2.93. The molecule has 0 spiro atoms. The number of nitrogens with zero attached hydrogens (tertiary/aromatic N) is 2. The lowest BCUT2D eigenvalue weighted by atomic mass is 9.92. The number of benzene rings is 2. The van der Waals surface area contributed by atoms with Gasteiger partial charge in [-0.05, 0) is 66.3 Å². The van der Waals surface area contributed by atoms with Gasteiger partial charge < -0.3 is 15.3 Å². The van der Waals surface area contributed by atoms with E-state index in [1.54, 1.807) is 23.2 Å². The maximum Gasteiger partial charge on any atom is 0.247 e. The second-order valence-electron chi connectivity index (χ2n) is 10.0. The summed E-state index contributed by atoms with van der Waals surface area (Å²) in [4.78, 5) is 32.7. The highest BCUT2D eigenvalue weighted by molar-refractivity contribution is 6.31. The second-order valence-corrected chi connectivity index (χ2v) is 10.4. The number of aliphatic hydroxyl groups excluding tert-OH is 1. The molecule has 2 aromatic carbocycles. The zero-order chi connectivity index (χ0) is 27.7. The van der Waals surface area contributed by atoms with E-state index in [4.69, 9.17) is 11.6 Å². The van der Waals surface area contributed by atoms with Crippen LogP contribution in [0.2, 0.25) is 5.02 Å². The van der Waals surface area contributed by atoms with E-state index in [2.05, 4.69) is 10.3 Å². The van der Waals surface area contributed by atoms with E-state index in [-0.39, 0.29) is 59.5 Å². The summed E-state index contributed by atoms with van der Waals surface area (Å²) < 4.78 is 29.2. The van der Waals surface area contributed by atoms with Gasteiger partial charge in [0.2, 0.25) is 11.8 Å². The molecule has 0 unspecified atom stereocenters. The van der Waals surface area contributed by atoms with Gasteiger partial charge in [0.25, 0.3) is 0 Å². The van der Waals surface area contributed by atoms with Crippen LogP contribution in [0.3, 0.4) is 0 Å². The van der Waals surface area contributed by atoms with Gasteiger partial charge in [-0.2, -0.15) is 0 Å². The molecule has 202 valence electrons. The smallest absolute Gasteiger partial charge is 0.247 e. The van der Waals surface area contributed by atoms with Crippen LogP contribution in [0.25, 0.3) is 16.7 Å². The number of carbonyl (C=O) groups is 2. The van der Waals surface area contributed by atoms with Gasteiger partial charge in [0, 0.05) is 36.0 Å². The van der Waals surface area contributed by atoms with Crippen molar-refractivity contribution in [3.05, 3.63) is 88.2 Å². The zero-order valence-corrected chi connectivity index (χ0v) is 22.1. The summed E-state index contributed by atoms with van der Waals surface area (Å²) in [6.45, 7) is 1.95. The molecule has 2 amide bonds. The van der Waals surface area contributed by atoms with Gasteiger partial charge in [-0.1, -0.05) is 37.1 Å². The molecular formula is C30H28ClF2N3O3. The third kappa shape index (κ3) is 5.44. The Kier molecular flexibility index (Phi) is 7.77. The molecule has 39 heavy (non-hydrogen) atoms. The minimum absolute atomic E-state index is 0.120. The zero-order valence-electron chi connectivity index (χ0n) is 21.4. The molecule has 2 atom stereocenters. The Morgan fingerprint density at radius 2 is 1.95 bits per heavy atom. The number of rotatable bonds is 3. The normalized spacial score (nSPS) is 19.9. The number of aromatic nitrogens is 1. The first-order chi connectivity index (χ1) is 18.8. The molecule has 6 nitrogen and oxygen atoms in total. The van der Waals surface area contributed by atoms with Gasteiger partial charge in [0.1, 0.15) is 5.82 Å². The SMILES string of the molecule is C[C@@H]1CCC[C@H](N2CCC(c3c(F)ccc(Cl)c3F)=CC2=O)c2cc(ccn2)-c2ccc(CO)cc2NC1=O. The molecule has 0 saturated heterocycles. The maximum atomic E-state index is 14.7. The second kappa shape index (κ2) is 11.2. The Morgan fingerprint density at radius 3 is 2.72 bits per heavy atom. The molecule has 0 aliphatic carbocycles. The Balaban J connectivity index is 1.53. The third-order valence-corrected chi connectivity index (χ3v) is 7.76. The number of nitrogens with one attached hydrogen (secondary N) is 1. The largest absolute Gasteiger partial charge is 0.392 e. The van der Waals surface area contributed by atoms with Crippen molar-refractivity contribution in [2.75, 3.05) is 11.9 Å². The number of anilines is 1. The van der Waals surface area contributed by atoms with Crippen LogP contribution in [-0.4, -0.2) is 33.3 Å². The Labute approximate surface area is 230 Å². The molecule has 1 aromatic heterocycles. The van der Waals surface area contributed by atoms with E-state index >= 15 is 0 Å². The molecular weight excluding hydrogens is 524 g/mol. The van der Waals surface area contributed by atoms with Crippen LogP contribution < -0.4 is 5.32 Å². The van der Waals surface area contributed by atoms with Crippen molar-refractivity contribution in [3.8, 4) is 11.1 Å². The number of hydrogen-bond donors (Lipinski definition) is 2. The predicted octanol–water partition coefficient (Wildman–Crippen LogP) is 6.29. The highest BCUT2D eigenvalue weighted by atomic mass is 35.5. The summed E-state index contributed by atoms with van der Waals surface area (Å²) in [7, 11) is 0.